The van der Waals surface area contributed by atoms with E-state index in [1.165, 1.54) is 51.1 Å². The highest BCUT2D eigenvalue weighted by Gasteiger charge is 2.20. The van der Waals surface area contributed by atoms with Crippen molar-refractivity contribution in [1.82, 2.24) is 14.9 Å². The van der Waals surface area contributed by atoms with Gasteiger partial charge in [0.1, 0.15) is 5.82 Å². The van der Waals surface area contributed by atoms with Crippen molar-refractivity contribution in [2.45, 2.75) is 103 Å². The molecule has 1 saturated heterocycles. The van der Waals surface area contributed by atoms with E-state index in [2.05, 4.69) is 33.5 Å². The zero-order valence-electron chi connectivity index (χ0n) is 23.5. The van der Waals surface area contributed by atoms with Crippen LogP contribution in [0.25, 0.3) is 0 Å². The Labute approximate surface area is 228 Å². The molecule has 0 N–H and O–H groups in total. The van der Waals surface area contributed by atoms with Crippen molar-refractivity contribution in [3.05, 3.63) is 39.2 Å². The summed E-state index contributed by atoms with van der Waals surface area (Å²) in [6.07, 6.45) is 15.7. The minimum Gasteiger partial charge on any atom is -0.756 e. The van der Waals surface area contributed by atoms with Crippen molar-refractivity contribution in [2.24, 2.45) is 0 Å². The summed E-state index contributed by atoms with van der Waals surface area (Å²) in [5.41, 5.74) is 0.355. The lowest BCUT2D eigenvalue weighted by Crippen LogP contribution is -2.49. The largest absolute Gasteiger partial charge is 0.756 e. The van der Waals surface area contributed by atoms with Gasteiger partial charge in [0.15, 0.2) is 0 Å². The predicted octanol–water partition coefficient (Wildman–Crippen LogP) is 5.83. The van der Waals surface area contributed by atoms with Crippen LogP contribution in [0.2, 0.25) is 0 Å². The Balaban J connectivity index is 1.45. The van der Waals surface area contributed by atoms with Gasteiger partial charge in [0, 0.05) is 45.0 Å². The average molecular weight is 535 g/mol. The number of unbranched alkanes of at least 4 members (excludes halogenated alkanes) is 12. The van der Waals surface area contributed by atoms with Gasteiger partial charge >= 0.3 is 0 Å². The van der Waals surface area contributed by atoms with Crippen molar-refractivity contribution in [2.75, 3.05) is 44.2 Å². The van der Waals surface area contributed by atoms with E-state index in [0.29, 0.717) is 16.7 Å². The smallest absolute Gasteiger partial charge is 0.294 e. The normalized spacial score (nSPS) is 14.2. The summed E-state index contributed by atoms with van der Waals surface area (Å²) >= 11 is 0. The number of amides is 1. The van der Waals surface area contributed by atoms with Crippen molar-refractivity contribution < 1.29 is 14.7 Å². The molecule has 216 valence electrons. The van der Waals surface area contributed by atoms with Gasteiger partial charge in [-0.3, -0.25) is 9.69 Å². The SMILES string of the molecule is CC(C)N1CCN(c2ccc(C(=O)N([O-])CCCCCCCCCCCCCCCO[N+](=O)[O-])cn2)CC1. The van der Waals surface area contributed by atoms with Crippen LogP contribution in [0.1, 0.15) is 108 Å². The number of anilines is 1. The molecular formula is C28H48N5O5-. The van der Waals surface area contributed by atoms with Crippen LogP contribution < -0.4 is 4.90 Å². The zero-order valence-corrected chi connectivity index (χ0v) is 23.5. The molecule has 1 fully saturated rings. The molecule has 2 rings (SSSR count). The van der Waals surface area contributed by atoms with Gasteiger partial charge in [0.25, 0.3) is 5.09 Å². The summed E-state index contributed by atoms with van der Waals surface area (Å²) < 4.78 is 0. The third-order valence-corrected chi connectivity index (χ3v) is 7.29. The Morgan fingerprint density at radius 2 is 1.45 bits per heavy atom. The molecule has 1 aliphatic rings. The van der Waals surface area contributed by atoms with Gasteiger partial charge in [-0.15, -0.1) is 10.1 Å². The van der Waals surface area contributed by atoms with E-state index in [1.54, 1.807) is 6.07 Å². The standard InChI is InChI=1S/C28H48N5O5/c1-25(2)30-19-21-31(22-20-30)27-17-16-26(24-29-27)28(34)32(35)18-14-12-10-8-6-4-3-5-7-9-11-13-15-23-38-33(36)37/h16-17,24-25H,3-15,18-23H2,1-2H3/q-1. The molecule has 1 aliphatic heterocycles. The number of hydrogen-bond acceptors (Lipinski definition) is 8. The van der Waals surface area contributed by atoms with E-state index in [1.807, 2.05) is 6.07 Å². The van der Waals surface area contributed by atoms with Crippen molar-refractivity contribution in [3.63, 3.8) is 0 Å². The van der Waals surface area contributed by atoms with Gasteiger partial charge in [-0.2, -0.15) is 0 Å². The first-order valence-corrected chi connectivity index (χ1v) is 14.6. The van der Waals surface area contributed by atoms with E-state index in [-0.39, 0.29) is 13.2 Å². The summed E-state index contributed by atoms with van der Waals surface area (Å²) in [6.45, 7) is 8.70. The third kappa shape index (κ3) is 12.9. The maximum absolute atomic E-state index is 12.5. The second-order valence-corrected chi connectivity index (χ2v) is 10.6. The summed E-state index contributed by atoms with van der Waals surface area (Å²) in [5.74, 6) is 0.360. The van der Waals surface area contributed by atoms with Crippen molar-refractivity contribution in [3.8, 4) is 0 Å². The minimum atomic E-state index is -0.728. The fourth-order valence-corrected chi connectivity index (χ4v) is 4.85. The van der Waals surface area contributed by atoms with Crippen LogP contribution in [0.5, 0.6) is 0 Å². The highest BCUT2D eigenvalue weighted by molar-refractivity contribution is 5.94. The van der Waals surface area contributed by atoms with Crippen LogP contribution in [0, 0.1) is 15.3 Å². The summed E-state index contributed by atoms with van der Waals surface area (Å²) in [7, 11) is 0. The second-order valence-electron chi connectivity index (χ2n) is 10.6. The molecule has 0 unspecified atom stereocenters. The molecule has 0 spiro atoms. The van der Waals surface area contributed by atoms with Gasteiger partial charge < -0.3 is 20.0 Å². The number of carbonyl (C=O) groups is 1. The maximum Gasteiger partial charge on any atom is 0.294 e. The molecule has 0 bridgehead atoms. The predicted molar refractivity (Wildman–Crippen MR) is 151 cm³/mol. The quantitative estimate of drug-likeness (QED) is 0.117. The Bertz CT molecular complexity index is 784. The Kier molecular flexibility index (Phi) is 15.7. The number of hydroxylamine groups is 2. The molecule has 0 saturated carbocycles. The number of carbonyl (C=O) groups excluding carboxylic acids is 1. The molecule has 10 heteroatoms. The van der Waals surface area contributed by atoms with Gasteiger partial charge in [-0.1, -0.05) is 70.6 Å². The molecule has 38 heavy (non-hydrogen) atoms. The summed E-state index contributed by atoms with van der Waals surface area (Å²) in [6, 6.07) is 4.12. The topological polar surface area (TPSA) is 115 Å². The lowest BCUT2D eigenvalue weighted by molar-refractivity contribution is -0.757. The van der Waals surface area contributed by atoms with Crippen molar-refractivity contribution >= 4 is 11.7 Å². The Hall–Kier alpha value is -2.46. The zero-order chi connectivity index (χ0) is 27.6. The number of aromatic nitrogens is 1. The van der Waals surface area contributed by atoms with Crippen LogP contribution in [0.15, 0.2) is 18.3 Å². The first kappa shape index (κ1) is 31.8. The number of nitrogens with zero attached hydrogens (tertiary/aromatic N) is 5. The van der Waals surface area contributed by atoms with E-state index < -0.39 is 11.0 Å². The first-order valence-electron chi connectivity index (χ1n) is 14.6. The van der Waals surface area contributed by atoms with Gasteiger partial charge in [0.2, 0.25) is 5.91 Å². The monoisotopic (exact) mass is 534 g/mol. The molecule has 0 atom stereocenters. The molecule has 2 heterocycles. The van der Waals surface area contributed by atoms with E-state index in [4.69, 9.17) is 0 Å². The van der Waals surface area contributed by atoms with Gasteiger partial charge in [0.05, 0.1) is 12.2 Å². The molecular weight excluding hydrogens is 486 g/mol. The molecule has 1 aromatic heterocycles. The van der Waals surface area contributed by atoms with Gasteiger partial charge in [-0.05, 0) is 38.8 Å². The Morgan fingerprint density at radius 3 is 1.92 bits per heavy atom. The minimum absolute atomic E-state index is 0.207. The van der Waals surface area contributed by atoms with Crippen molar-refractivity contribution in [1.29, 1.82) is 0 Å². The van der Waals surface area contributed by atoms with E-state index in [9.17, 15) is 20.1 Å². The lowest BCUT2D eigenvalue weighted by Gasteiger charge is -2.37. The number of pyridine rings is 1. The number of hydrogen-bond donors (Lipinski definition) is 0. The van der Waals surface area contributed by atoms with Crippen LogP contribution in [0.3, 0.4) is 0 Å². The van der Waals surface area contributed by atoms with E-state index >= 15 is 0 Å². The van der Waals surface area contributed by atoms with Crippen LogP contribution >= 0.6 is 0 Å². The number of piperazine rings is 1. The molecule has 10 nitrogen and oxygen atoms in total. The molecule has 0 radical (unpaired) electrons. The maximum atomic E-state index is 12.5. The third-order valence-electron chi connectivity index (χ3n) is 7.29. The highest BCUT2D eigenvalue weighted by atomic mass is 16.9. The van der Waals surface area contributed by atoms with Crippen LogP contribution in [0.4, 0.5) is 5.82 Å². The van der Waals surface area contributed by atoms with Crippen LogP contribution in [-0.2, 0) is 4.84 Å². The summed E-state index contributed by atoms with van der Waals surface area (Å²) in [5, 5.41) is 22.2. The fraction of sp³-hybridized carbons (Fsp3) is 0.786. The molecule has 0 aromatic carbocycles. The fourth-order valence-electron chi connectivity index (χ4n) is 4.85. The highest BCUT2D eigenvalue weighted by Crippen LogP contribution is 2.17. The molecule has 0 aliphatic carbocycles. The van der Waals surface area contributed by atoms with E-state index in [0.717, 1.165) is 70.5 Å². The van der Waals surface area contributed by atoms with Crippen LogP contribution in [-0.4, -0.2) is 71.3 Å². The number of rotatable bonds is 20. The average Bonchev–Trinajstić information content (AvgIpc) is 2.92. The molecule has 1 aromatic rings. The summed E-state index contributed by atoms with van der Waals surface area (Å²) in [4.78, 5) is 36.0. The lowest BCUT2D eigenvalue weighted by atomic mass is 10.0. The second kappa shape index (κ2) is 18.7. The van der Waals surface area contributed by atoms with Gasteiger partial charge in [-0.25, -0.2) is 4.98 Å². The first-order chi connectivity index (χ1) is 18.4. The molecule has 1 amide bonds. The Morgan fingerprint density at radius 1 is 0.921 bits per heavy atom.